The van der Waals surface area contributed by atoms with Crippen molar-refractivity contribution in [3.8, 4) is 11.3 Å². The minimum Gasteiger partial charge on any atom is -0.326 e. The zero-order valence-electron chi connectivity index (χ0n) is 15.5. The molecule has 1 N–H and O–H groups in total. The molecular weight excluding hydrogens is 362 g/mol. The predicted molar refractivity (Wildman–Crippen MR) is 105 cm³/mol. The summed E-state index contributed by atoms with van der Waals surface area (Å²) < 4.78 is 23.0. The highest BCUT2D eigenvalue weighted by molar-refractivity contribution is 7.90. The summed E-state index contributed by atoms with van der Waals surface area (Å²) in [6.07, 6.45) is 8.96. The highest BCUT2D eigenvalue weighted by Gasteiger charge is 2.15. The maximum Gasteiger partial charge on any atom is 0.224 e. The summed E-state index contributed by atoms with van der Waals surface area (Å²) in [5, 5.41) is 10.7. The van der Waals surface area contributed by atoms with E-state index in [2.05, 4.69) is 15.5 Å². The summed E-state index contributed by atoms with van der Waals surface area (Å²) in [4.78, 5) is 12.3. The average Bonchev–Trinajstić information content (AvgIpc) is 2.67. The highest BCUT2D eigenvalue weighted by Crippen LogP contribution is 2.27. The third kappa shape index (κ3) is 5.60. The molecule has 1 amide bonds. The Morgan fingerprint density at radius 3 is 2.56 bits per heavy atom. The van der Waals surface area contributed by atoms with Crippen LogP contribution in [-0.2, 0) is 14.6 Å². The second-order valence-electron chi connectivity index (χ2n) is 7.20. The minimum atomic E-state index is -3.37. The van der Waals surface area contributed by atoms with Crippen LogP contribution < -0.4 is 5.32 Å². The summed E-state index contributed by atoms with van der Waals surface area (Å²) in [5.41, 5.74) is 2.03. The lowest BCUT2D eigenvalue weighted by molar-refractivity contribution is -0.116. The summed E-state index contributed by atoms with van der Waals surface area (Å²) in [7, 11) is -3.37. The van der Waals surface area contributed by atoms with Crippen molar-refractivity contribution in [3.63, 3.8) is 0 Å². The summed E-state index contributed by atoms with van der Waals surface area (Å²) in [5.74, 6) is 0.704. The number of aromatic nitrogens is 2. The van der Waals surface area contributed by atoms with Gasteiger partial charge in [-0.25, -0.2) is 8.42 Å². The molecule has 1 aliphatic rings. The molecule has 0 bridgehead atoms. The highest BCUT2D eigenvalue weighted by atomic mass is 32.2. The topological polar surface area (TPSA) is 89.0 Å². The zero-order valence-corrected chi connectivity index (χ0v) is 16.3. The van der Waals surface area contributed by atoms with Crippen molar-refractivity contribution < 1.29 is 13.2 Å². The van der Waals surface area contributed by atoms with Gasteiger partial charge in [0.05, 0.1) is 5.69 Å². The van der Waals surface area contributed by atoms with Gasteiger partial charge < -0.3 is 5.32 Å². The minimum absolute atomic E-state index is 0.0243. The molecule has 3 rings (SSSR count). The van der Waals surface area contributed by atoms with E-state index in [1.807, 2.05) is 24.3 Å². The van der Waals surface area contributed by atoms with Crippen LogP contribution in [0, 0.1) is 5.92 Å². The zero-order chi connectivity index (χ0) is 19.3. The van der Waals surface area contributed by atoms with Crippen molar-refractivity contribution >= 4 is 21.4 Å². The van der Waals surface area contributed by atoms with Gasteiger partial charge in [-0.3, -0.25) is 4.79 Å². The van der Waals surface area contributed by atoms with Gasteiger partial charge in [0.25, 0.3) is 0 Å². The van der Waals surface area contributed by atoms with Crippen LogP contribution in [0.1, 0.15) is 44.9 Å². The number of carbonyl (C=O) groups is 1. The molecule has 6 nitrogen and oxygen atoms in total. The number of amides is 1. The molecule has 2 aromatic rings. The van der Waals surface area contributed by atoms with Gasteiger partial charge in [0.15, 0.2) is 14.9 Å². The molecule has 0 unspecified atom stereocenters. The molecule has 0 radical (unpaired) electrons. The molecule has 1 fully saturated rings. The number of sulfone groups is 1. The fourth-order valence-electron chi connectivity index (χ4n) is 3.46. The number of nitrogens with one attached hydrogen (secondary N) is 1. The summed E-state index contributed by atoms with van der Waals surface area (Å²) >= 11 is 0. The molecule has 144 valence electrons. The van der Waals surface area contributed by atoms with E-state index in [9.17, 15) is 13.2 Å². The standard InChI is InChI=1S/C20H25N3O3S/c1-27(25,26)20-13-11-18(22-23-20)16-8-5-9-17(14-16)21-19(24)12-10-15-6-3-2-4-7-15/h5,8-9,11,13-15H,2-4,6-7,10,12H2,1H3,(H,21,24). The van der Waals surface area contributed by atoms with Crippen molar-refractivity contribution in [3.05, 3.63) is 36.4 Å². The Bertz CT molecular complexity index is 889. The van der Waals surface area contributed by atoms with E-state index in [1.54, 1.807) is 6.07 Å². The van der Waals surface area contributed by atoms with E-state index in [0.717, 1.165) is 18.2 Å². The van der Waals surface area contributed by atoms with Crippen molar-refractivity contribution in [1.82, 2.24) is 10.2 Å². The van der Waals surface area contributed by atoms with Gasteiger partial charge in [0.1, 0.15) is 0 Å². The van der Waals surface area contributed by atoms with E-state index in [1.165, 1.54) is 38.2 Å². The van der Waals surface area contributed by atoms with Crippen molar-refractivity contribution in [2.75, 3.05) is 11.6 Å². The SMILES string of the molecule is CS(=O)(=O)c1ccc(-c2cccc(NC(=O)CCC3CCCCC3)c2)nn1. The first kappa shape index (κ1) is 19.5. The maximum absolute atomic E-state index is 12.3. The Morgan fingerprint density at radius 2 is 1.89 bits per heavy atom. The van der Waals surface area contributed by atoms with Gasteiger partial charge in [-0.1, -0.05) is 44.2 Å². The van der Waals surface area contributed by atoms with E-state index in [-0.39, 0.29) is 10.9 Å². The predicted octanol–water partition coefficient (Wildman–Crippen LogP) is 3.85. The van der Waals surface area contributed by atoms with Crippen molar-refractivity contribution in [2.45, 2.75) is 50.0 Å². The Labute approximate surface area is 160 Å². The molecule has 1 heterocycles. The van der Waals surface area contributed by atoms with E-state index in [0.29, 0.717) is 23.7 Å². The Hall–Kier alpha value is -2.28. The molecule has 1 aromatic heterocycles. The molecule has 1 aromatic carbocycles. The molecule has 0 aliphatic heterocycles. The largest absolute Gasteiger partial charge is 0.326 e. The molecule has 7 heteroatoms. The van der Waals surface area contributed by atoms with Crippen LogP contribution in [0.15, 0.2) is 41.4 Å². The lowest BCUT2D eigenvalue weighted by atomic mass is 9.86. The first-order chi connectivity index (χ1) is 12.9. The second kappa shape index (κ2) is 8.61. The van der Waals surface area contributed by atoms with Gasteiger partial charge in [-0.15, -0.1) is 10.2 Å². The third-order valence-electron chi connectivity index (χ3n) is 4.97. The number of hydrogen-bond acceptors (Lipinski definition) is 5. The molecule has 1 aliphatic carbocycles. The maximum atomic E-state index is 12.3. The monoisotopic (exact) mass is 387 g/mol. The van der Waals surface area contributed by atoms with Crippen LogP contribution >= 0.6 is 0 Å². The molecular formula is C20H25N3O3S. The number of nitrogens with zero attached hydrogens (tertiary/aromatic N) is 2. The summed E-state index contributed by atoms with van der Waals surface area (Å²) in [6, 6.07) is 10.4. The molecule has 0 saturated heterocycles. The fraction of sp³-hybridized carbons (Fsp3) is 0.450. The van der Waals surface area contributed by atoms with E-state index in [4.69, 9.17) is 0 Å². The first-order valence-electron chi connectivity index (χ1n) is 9.36. The number of benzene rings is 1. The average molecular weight is 388 g/mol. The Balaban J connectivity index is 1.62. The van der Waals surface area contributed by atoms with Gasteiger partial charge in [-0.2, -0.15) is 0 Å². The van der Waals surface area contributed by atoms with Crippen LogP contribution in [0.2, 0.25) is 0 Å². The third-order valence-corrected chi connectivity index (χ3v) is 5.94. The van der Waals surface area contributed by atoms with E-state index >= 15 is 0 Å². The molecule has 0 spiro atoms. The Kier molecular flexibility index (Phi) is 6.21. The molecule has 27 heavy (non-hydrogen) atoms. The van der Waals surface area contributed by atoms with Gasteiger partial charge in [0.2, 0.25) is 5.91 Å². The number of hydrogen-bond donors (Lipinski definition) is 1. The van der Waals surface area contributed by atoms with Crippen LogP contribution in [-0.4, -0.2) is 30.8 Å². The molecule has 1 saturated carbocycles. The van der Waals surface area contributed by atoms with Crippen LogP contribution in [0.5, 0.6) is 0 Å². The fourth-order valence-corrected chi connectivity index (χ4v) is 3.97. The van der Waals surface area contributed by atoms with Crippen LogP contribution in [0.25, 0.3) is 11.3 Å². The van der Waals surface area contributed by atoms with Gasteiger partial charge in [-0.05, 0) is 36.6 Å². The van der Waals surface area contributed by atoms with Gasteiger partial charge in [0, 0.05) is 23.9 Å². The lowest BCUT2D eigenvalue weighted by Gasteiger charge is -2.21. The van der Waals surface area contributed by atoms with Crippen molar-refractivity contribution in [1.29, 1.82) is 0 Å². The van der Waals surface area contributed by atoms with Gasteiger partial charge >= 0.3 is 0 Å². The quantitative estimate of drug-likeness (QED) is 0.813. The lowest BCUT2D eigenvalue weighted by Crippen LogP contribution is -2.14. The summed E-state index contributed by atoms with van der Waals surface area (Å²) in [6.45, 7) is 0. The Morgan fingerprint density at radius 1 is 1.11 bits per heavy atom. The number of rotatable bonds is 6. The first-order valence-corrected chi connectivity index (χ1v) is 11.2. The van der Waals surface area contributed by atoms with Crippen LogP contribution in [0.3, 0.4) is 0 Å². The number of anilines is 1. The second-order valence-corrected chi connectivity index (χ2v) is 9.16. The smallest absolute Gasteiger partial charge is 0.224 e. The van der Waals surface area contributed by atoms with Crippen molar-refractivity contribution in [2.24, 2.45) is 5.92 Å². The van der Waals surface area contributed by atoms with E-state index < -0.39 is 9.84 Å². The number of carbonyl (C=O) groups excluding carboxylic acids is 1. The normalized spacial score (nSPS) is 15.4. The molecule has 0 atom stereocenters. The van der Waals surface area contributed by atoms with Crippen LogP contribution in [0.4, 0.5) is 5.69 Å².